The van der Waals surface area contributed by atoms with Gasteiger partial charge in [-0.15, -0.1) is 0 Å². The summed E-state index contributed by atoms with van der Waals surface area (Å²) in [6.07, 6.45) is -1.04. The highest BCUT2D eigenvalue weighted by Crippen LogP contribution is 2.11. The summed E-state index contributed by atoms with van der Waals surface area (Å²) in [6.45, 7) is 4.07. The molecule has 0 rings (SSSR count). The van der Waals surface area contributed by atoms with Gasteiger partial charge in [0.2, 0.25) is 41.4 Å². The summed E-state index contributed by atoms with van der Waals surface area (Å²) in [6, 6.07) is -10.0. The number of carbonyl (C=O) groups excluding carboxylic acids is 7. The van der Waals surface area contributed by atoms with Crippen LogP contribution in [-0.4, -0.2) is 142 Å². The van der Waals surface area contributed by atoms with Crippen LogP contribution in [0.25, 0.3) is 0 Å². The Morgan fingerprint density at radius 1 is 0.477 bits per heavy atom. The number of aliphatic imine (C=N–C) groups is 1. The van der Waals surface area contributed by atoms with E-state index in [2.05, 4.69) is 36.9 Å². The number of aliphatic carboxylic acids is 3. The van der Waals surface area contributed by atoms with E-state index < -0.39 is 134 Å². The van der Waals surface area contributed by atoms with E-state index in [0.717, 1.165) is 0 Å². The molecule has 0 saturated carbocycles. The van der Waals surface area contributed by atoms with Crippen LogP contribution < -0.4 is 66.3 Å². The Labute approximate surface area is 377 Å². The molecule has 26 nitrogen and oxygen atoms in total. The van der Waals surface area contributed by atoms with Crippen molar-refractivity contribution in [1.29, 1.82) is 0 Å². The van der Waals surface area contributed by atoms with Crippen molar-refractivity contribution in [2.75, 3.05) is 19.6 Å². The number of amides is 7. The average Bonchev–Trinajstić information content (AvgIpc) is 3.21. The fourth-order valence-corrected chi connectivity index (χ4v) is 6.13. The number of carbonyl (C=O) groups is 10. The zero-order valence-electron chi connectivity index (χ0n) is 37.2. The molecule has 0 fully saturated rings. The number of carboxylic acids is 3. The van der Waals surface area contributed by atoms with Crippen molar-refractivity contribution in [2.24, 2.45) is 45.3 Å². The summed E-state index contributed by atoms with van der Waals surface area (Å²) in [4.78, 5) is 132. The van der Waals surface area contributed by atoms with E-state index >= 15 is 0 Å². The number of primary amides is 1. The number of unbranched alkanes of at least 4 members (excludes halogenated alkanes) is 2. The number of nitrogens with one attached hydrogen (secondary N) is 6. The van der Waals surface area contributed by atoms with Crippen LogP contribution in [0, 0.1) is 5.92 Å². The van der Waals surface area contributed by atoms with Gasteiger partial charge in [-0.1, -0.05) is 20.3 Å². The molecule has 0 aromatic rings. The van der Waals surface area contributed by atoms with Crippen LogP contribution >= 0.6 is 0 Å². The molecule has 0 saturated heterocycles. The SMILES string of the molecule is CC(C)C[C@H](NC(=O)[C@H](CCC(=O)O)NC(=O)[C@@H](N)CCCCN)C(=O)N[C@@H](CCC(N)=O)C(=O)N[C@@H](CCC(=O)O)C(=O)N[C@@H](CCCCN)C(=O)N[C@@H](CCCN=C(N)N)C(=O)O. The molecule has 0 heterocycles. The Morgan fingerprint density at radius 3 is 1.25 bits per heavy atom. The molecule has 26 heteroatoms. The lowest BCUT2D eigenvalue weighted by molar-refractivity contribution is -0.142. The molecule has 0 aromatic carbocycles. The Hall–Kier alpha value is -6.15. The lowest BCUT2D eigenvalue weighted by Crippen LogP contribution is -2.60. The molecule has 370 valence electrons. The van der Waals surface area contributed by atoms with E-state index in [1.807, 2.05) is 0 Å². The molecule has 0 unspecified atom stereocenters. The maximum absolute atomic E-state index is 13.9. The van der Waals surface area contributed by atoms with Crippen LogP contribution in [0.5, 0.6) is 0 Å². The van der Waals surface area contributed by atoms with Crippen molar-refractivity contribution >= 4 is 65.2 Å². The summed E-state index contributed by atoms with van der Waals surface area (Å²) in [5.74, 6) is -11.1. The van der Waals surface area contributed by atoms with Gasteiger partial charge in [0.05, 0.1) is 6.04 Å². The third-order valence-corrected chi connectivity index (χ3v) is 9.66. The molecule has 0 aliphatic carbocycles. The van der Waals surface area contributed by atoms with E-state index in [0.29, 0.717) is 25.8 Å². The molecule has 0 spiro atoms. The van der Waals surface area contributed by atoms with Crippen LogP contribution in [0.15, 0.2) is 4.99 Å². The number of guanidine groups is 1. The summed E-state index contributed by atoms with van der Waals surface area (Å²) >= 11 is 0. The maximum atomic E-state index is 13.9. The van der Waals surface area contributed by atoms with Gasteiger partial charge < -0.3 is 81.6 Å². The molecule has 0 aliphatic heterocycles. The van der Waals surface area contributed by atoms with Gasteiger partial charge in [-0.25, -0.2) is 4.79 Å². The van der Waals surface area contributed by atoms with Gasteiger partial charge in [-0.3, -0.25) is 48.1 Å². The van der Waals surface area contributed by atoms with Crippen LogP contribution in [0.4, 0.5) is 0 Å². The van der Waals surface area contributed by atoms with E-state index in [9.17, 15) is 63.3 Å². The number of hydrogen-bond acceptors (Lipinski definition) is 14. The zero-order valence-corrected chi connectivity index (χ0v) is 37.2. The van der Waals surface area contributed by atoms with E-state index in [1.54, 1.807) is 13.8 Å². The molecule has 0 radical (unpaired) electrons. The topological polar surface area (TPSA) is 472 Å². The first-order chi connectivity index (χ1) is 30.5. The lowest BCUT2D eigenvalue weighted by Gasteiger charge is -2.28. The highest BCUT2D eigenvalue weighted by atomic mass is 16.4. The highest BCUT2D eigenvalue weighted by molar-refractivity contribution is 5.97. The van der Waals surface area contributed by atoms with Crippen LogP contribution in [0.1, 0.15) is 110 Å². The van der Waals surface area contributed by atoms with Gasteiger partial charge in [0.1, 0.15) is 36.3 Å². The van der Waals surface area contributed by atoms with Crippen molar-refractivity contribution in [3.8, 4) is 0 Å². The number of nitrogens with zero attached hydrogens (tertiary/aromatic N) is 1. The third-order valence-electron chi connectivity index (χ3n) is 9.66. The number of rotatable bonds is 36. The van der Waals surface area contributed by atoms with Gasteiger partial charge >= 0.3 is 17.9 Å². The first kappa shape index (κ1) is 58.8. The molecular formula is C39H71N13O13. The van der Waals surface area contributed by atoms with Crippen LogP contribution in [0.2, 0.25) is 0 Å². The summed E-state index contributed by atoms with van der Waals surface area (Å²) in [7, 11) is 0. The molecule has 65 heavy (non-hydrogen) atoms. The molecule has 7 atom stereocenters. The summed E-state index contributed by atoms with van der Waals surface area (Å²) < 4.78 is 0. The van der Waals surface area contributed by atoms with Gasteiger partial charge in [-0.2, -0.15) is 0 Å². The van der Waals surface area contributed by atoms with Crippen LogP contribution in [0.3, 0.4) is 0 Å². The van der Waals surface area contributed by atoms with Crippen molar-refractivity contribution in [1.82, 2.24) is 31.9 Å². The number of nitrogens with two attached hydrogens (primary N) is 6. The van der Waals surface area contributed by atoms with Gasteiger partial charge in [0, 0.05) is 25.8 Å². The molecule has 0 bridgehead atoms. The predicted octanol–water partition coefficient (Wildman–Crippen LogP) is -4.34. The zero-order chi connectivity index (χ0) is 49.6. The Balaban J connectivity index is 6.55. The molecule has 0 aliphatic rings. The smallest absolute Gasteiger partial charge is 0.326 e. The van der Waals surface area contributed by atoms with E-state index in [4.69, 9.17) is 34.4 Å². The lowest BCUT2D eigenvalue weighted by atomic mass is 10.0. The average molecular weight is 930 g/mol. The molecule has 0 aromatic heterocycles. The summed E-state index contributed by atoms with van der Waals surface area (Å²) in [5, 5.41) is 43.0. The monoisotopic (exact) mass is 930 g/mol. The van der Waals surface area contributed by atoms with Crippen molar-refractivity contribution in [2.45, 2.75) is 152 Å². The van der Waals surface area contributed by atoms with Crippen molar-refractivity contribution < 1.29 is 63.3 Å². The minimum absolute atomic E-state index is 0.0442. The third kappa shape index (κ3) is 26.9. The highest BCUT2D eigenvalue weighted by Gasteiger charge is 2.34. The fraction of sp³-hybridized carbons (Fsp3) is 0.718. The Bertz CT molecular complexity index is 1630. The maximum Gasteiger partial charge on any atom is 0.326 e. The number of carboxylic acid groups (broad SMARTS) is 3. The minimum Gasteiger partial charge on any atom is -0.481 e. The second-order valence-corrected chi connectivity index (χ2v) is 15.8. The van der Waals surface area contributed by atoms with Gasteiger partial charge in [0.25, 0.3) is 0 Å². The predicted molar refractivity (Wildman–Crippen MR) is 235 cm³/mol. The number of hydrogen-bond donors (Lipinski definition) is 15. The second-order valence-electron chi connectivity index (χ2n) is 15.8. The van der Waals surface area contributed by atoms with E-state index in [-0.39, 0.29) is 69.9 Å². The van der Waals surface area contributed by atoms with Crippen molar-refractivity contribution in [3.63, 3.8) is 0 Å². The summed E-state index contributed by atoms with van der Waals surface area (Å²) in [5.41, 5.74) is 33.0. The largest absolute Gasteiger partial charge is 0.481 e. The van der Waals surface area contributed by atoms with Gasteiger partial charge in [0.15, 0.2) is 5.96 Å². The van der Waals surface area contributed by atoms with Gasteiger partial charge in [-0.05, 0) is 89.6 Å². The standard InChI is InChI=1S/C39H71N13O13/c1-21(2)20-28(52-36(62)25(12-15-30(54)55)47-32(58)22(42)8-3-5-17-40)37(63)50-24(11-14-29(43)53)34(60)49-26(13-16-31(56)57)35(61)48-23(9-4-6-18-41)33(59)51-27(38(64)65)10-7-19-46-39(44)45/h21-28H,3-20,40-42H2,1-2H3,(H2,43,53)(H,47,58)(H,48,61)(H,49,60)(H,50,63)(H,51,59)(H,52,62)(H,54,55)(H,56,57)(H,64,65)(H4,44,45,46)/t22-,23-,24-,25-,26-,27-,28-/m0/s1. The second kappa shape index (κ2) is 32.5. The minimum atomic E-state index is -1.67. The molecule has 7 amide bonds. The van der Waals surface area contributed by atoms with Crippen molar-refractivity contribution in [3.05, 3.63) is 0 Å². The Morgan fingerprint density at radius 2 is 0.846 bits per heavy atom. The van der Waals surface area contributed by atoms with E-state index in [1.165, 1.54) is 0 Å². The van der Waals surface area contributed by atoms with Crippen LogP contribution in [-0.2, 0) is 47.9 Å². The molecular weight excluding hydrogens is 859 g/mol. The normalized spacial score (nSPS) is 14.2. The quantitative estimate of drug-likeness (QED) is 0.0160. The first-order valence-electron chi connectivity index (χ1n) is 21.5. The molecule has 21 N–H and O–H groups in total. The fourth-order valence-electron chi connectivity index (χ4n) is 6.13. The Kier molecular flexibility index (Phi) is 29.4. The first-order valence-corrected chi connectivity index (χ1v) is 21.5.